The number of hydrogen-bond donors (Lipinski definition) is 3. The van der Waals surface area contributed by atoms with Crippen molar-refractivity contribution in [2.45, 2.75) is 106 Å². The fourth-order valence-corrected chi connectivity index (χ4v) is 3.65. The second-order valence-electron chi connectivity index (χ2n) is 14.1. The number of nitrogens with one attached hydrogen (secondary N) is 2. The molecule has 1 aromatic carbocycles. The molecule has 0 aliphatic carbocycles. The Morgan fingerprint density at radius 3 is 1.38 bits per heavy atom. The summed E-state index contributed by atoms with van der Waals surface area (Å²) in [6, 6.07) is 6.23. The highest BCUT2D eigenvalue weighted by Gasteiger charge is 2.39. The van der Waals surface area contributed by atoms with Crippen molar-refractivity contribution in [1.82, 2.24) is 15.5 Å². The van der Waals surface area contributed by atoms with E-state index in [1.54, 1.807) is 45.0 Å². The summed E-state index contributed by atoms with van der Waals surface area (Å²) in [7, 11) is 0. The van der Waals surface area contributed by atoms with Crippen LogP contribution in [0.5, 0.6) is 0 Å². The maximum Gasteiger partial charge on any atom is 0.407 e. The lowest BCUT2D eigenvalue weighted by Crippen LogP contribution is -2.52. The molecule has 4 amide bonds. The molecule has 0 unspecified atom stereocenters. The number of amides is 4. The van der Waals surface area contributed by atoms with Crippen molar-refractivity contribution in [2.75, 3.05) is 13.1 Å². The number of nitrogens with zero attached hydrogens (tertiary/aromatic N) is 1. The number of nitrogens with two attached hydrogens (primary N) is 1. The summed E-state index contributed by atoms with van der Waals surface area (Å²) in [5.74, 6) is -0.665. The van der Waals surface area contributed by atoms with Gasteiger partial charge < -0.3 is 25.8 Å². The van der Waals surface area contributed by atoms with Gasteiger partial charge in [-0.25, -0.2) is 9.59 Å². The average Bonchev–Trinajstić information content (AvgIpc) is 2.98. The molecule has 0 spiro atoms. The van der Waals surface area contributed by atoms with Gasteiger partial charge in [0.25, 0.3) is 11.8 Å². The van der Waals surface area contributed by atoms with E-state index in [2.05, 4.69) is 10.6 Å². The van der Waals surface area contributed by atoms with Crippen LogP contribution in [0.1, 0.15) is 104 Å². The van der Waals surface area contributed by atoms with Crippen molar-refractivity contribution in [3.05, 3.63) is 35.4 Å². The van der Waals surface area contributed by atoms with Crippen molar-refractivity contribution >= 4 is 24.0 Å². The standard InChI is InChI=1S/C19H26N2O4.C11H24N2O2/c1-18(2,3)14(20-17(24)25-19(4,5)6)11-21-15(22)12-9-7-8-10-13(12)16(21)23;1-10(2,3)8(7-12)13-9(14)15-11(4,5)6/h7-10,14H,11H2,1-6H3,(H,20,24);8H,7,12H2,1-6H3,(H,13,14)/t14-;8-/m11/s1. The summed E-state index contributed by atoms with van der Waals surface area (Å²) in [5.41, 5.74) is 4.87. The Morgan fingerprint density at radius 2 is 1.07 bits per heavy atom. The van der Waals surface area contributed by atoms with E-state index < -0.39 is 29.4 Å². The highest BCUT2D eigenvalue weighted by Crippen LogP contribution is 2.27. The Morgan fingerprint density at radius 1 is 0.725 bits per heavy atom. The van der Waals surface area contributed by atoms with E-state index in [0.717, 1.165) is 0 Å². The molecule has 4 N–H and O–H groups in total. The number of fused-ring (bicyclic) bond motifs is 1. The topological polar surface area (TPSA) is 140 Å². The minimum atomic E-state index is -0.623. The number of carbonyl (C=O) groups is 4. The molecule has 0 radical (unpaired) electrons. The van der Waals surface area contributed by atoms with Crippen LogP contribution in [0.25, 0.3) is 0 Å². The molecule has 1 heterocycles. The molecule has 0 saturated carbocycles. The van der Waals surface area contributed by atoms with Crippen molar-refractivity contribution in [1.29, 1.82) is 0 Å². The highest BCUT2D eigenvalue weighted by atomic mass is 16.6. The predicted molar refractivity (Wildman–Crippen MR) is 156 cm³/mol. The van der Waals surface area contributed by atoms with Gasteiger partial charge in [-0.3, -0.25) is 14.5 Å². The zero-order valence-corrected chi connectivity index (χ0v) is 26.4. The number of ether oxygens (including phenoxy) is 2. The largest absolute Gasteiger partial charge is 0.444 e. The first-order chi connectivity index (χ1) is 18.0. The van der Waals surface area contributed by atoms with Crippen LogP contribution in [0.3, 0.4) is 0 Å². The third-order valence-corrected chi connectivity index (χ3v) is 5.95. The molecule has 0 saturated heterocycles. The van der Waals surface area contributed by atoms with Gasteiger partial charge in [0.15, 0.2) is 0 Å². The minimum absolute atomic E-state index is 0.0638. The van der Waals surface area contributed by atoms with Crippen LogP contribution < -0.4 is 16.4 Å². The quantitative estimate of drug-likeness (QED) is 0.424. The molecule has 1 aliphatic rings. The average molecular weight is 563 g/mol. The summed E-state index contributed by atoms with van der Waals surface area (Å²) in [4.78, 5) is 49.9. The molecule has 1 aromatic rings. The fraction of sp³-hybridized carbons (Fsp3) is 0.667. The first kappa shape index (κ1) is 34.9. The summed E-state index contributed by atoms with van der Waals surface area (Å²) in [5, 5.41) is 5.58. The zero-order valence-electron chi connectivity index (χ0n) is 26.4. The number of alkyl carbamates (subject to hydrolysis) is 2. The van der Waals surface area contributed by atoms with Crippen molar-refractivity contribution < 1.29 is 28.7 Å². The maximum absolute atomic E-state index is 12.5. The Balaban J connectivity index is 0.000000459. The summed E-state index contributed by atoms with van der Waals surface area (Å²) < 4.78 is 10.5. The second kappa shape index (κ2) is 13.0. The van der Waals surface area contributed by atoms with Crippen molar-refractivity contribution in [2.24, 2.45) is 16.6 Å². The van der Waals surface area contributed by atoms with Gasteiger partial charge in [0.05, 0.1) is 23.7 Å². The van der Waals surface area contributed by atoms with Crippen LogP contribution in [-0.2, 0) is 9.47 Å². The second-order valence-corrected chi connectivity index (χ2v) is 14.1. The molecule has 0 bridgehead atoms. The normalized spacial score (nSPS) is 15.4. The lowest BCUT2D eigenvalue weighted by atomic mass is 9.86. The van der Waals surface area contributed by atoms with Crippen LogP contribution in [0.2, 0.25) is 0 Å². The van der Waals surface area contributed by atoms with E-state index >= 15 is 0 Å². The van der Waals surface area contributed by atoms with Crippen molar-refractivity contribution in [3.8, 4) is 0 Å². The molecule has 10 nitrogen and oxygen atoms in total. The van der Waals surface area contributed by atoms with Gasteiger partial charge >= 0.3 is 12.2 Å². The highest BCUT2D eigenvalue weighted by molar-refractivity contribution is 6.21. The molecular weight excluding hydrogens is 512 g/mol. The smallest absolute Gasteiger partial charge is 0.407 e. The van der Waals surface area contributed by atoms with Gasteiger partial charge in [-0.1, -0.05) is 53.7 Å². The Labute approximate surface area is 239 Å². The van der Waals surface area contributed by atoms with Crippen LogP contribution in [-0.4, -0.2) is 65.3 Å². The monoisotopic (exact) mass is 562 g/mol. The molecule has 0 aromatic heterocycles. The van der Waals surface area contributed by atoms with E-state index in [4.69, 9.17) is 15.2 Å². The van der Waals surface area contributed by atoms with Crippen LogP contribution in [0.4, 0.5) is 9.59 Å². The molecule has 2 atom stereocenters. The van der Waals surface area contributed by atoms with Gasteiger partial charge in [0.1, 0.15) is 11.2 Å². The van der Waals surface area contributed by atoms with Gasteiger partial charge in [0.2, 0.25) is 0 Å². The Bertz CT molecular complexity index is 1020. The third kappa shape index (κ3) is 11.2. The summed E-state index contributed by atoms with van der Waals surface area (Å²) >= 11 is 0. The molecule has 2 rings (SSSR count). The fourth-order valence-electron chi connectivity index (χ4n) is 3.65. The third-order valence-electron chi connectivity index (χ3n) is 5.95. The zero-order chi connectivity index (χ0) is 31.3. The predicted octanol–water partition coefficient (Wildman–Crippen LogP) is 5.11. The molecule has 226 valence electrons. The molecular formula is C30H50N4O6. The first-order valence-corrected chi connectivity index (χ1v) is 13.6. The number of imide groups is 1. The number of benzene rings is 1. The molecule has 40 heavy (non-hydrogen) atoms. The van der Waals surface area contributed by atoms with Crippen LogP contribution in [0.15, 0.2) is 24.3 Å². The lowest BCUT2D eigenvalue weighted by molar-refractivity contribution is 0.0410. The first-order valence-electron chi connectivity index (χ1n) is 13.6. The SMILES string of the molecule is CC(C)(C)OC(=O)N[C@H](CN)C(C)(C)C.CC(C)(C)OC(=O)N[C@H](CN1C(=O)c2ccccc2C1=O)C(C)(C)C. The van der Waals surface area contributed by atoms with E-state index in [0.29, 0.717) is 17.7 Å². The van der Waals surface area contributed by atoms with Crippen molar-refractivity contribution in [3.63, 3.8) is 0 Å². The van der Waals surface area contributed by atoms with Gasteiger partial charge in [0, 0.05) is 12.6 Å². The van der Waals surface area contributed by atoms with Gasteiger partial charge in [-0.15, -0.1) is 0 Å². The molecule has 10 heteroatoms. The summed E-state index contributed by atoms with van der Waals surface area (Å²) in [6.07, 6.45) is -0.975. The van der Waals surface area contributed by atoms with Gasteiger partial charge in [-0.2, -0.15) is 0 Å². The number of hydrogen-bond acceptors (Lipinski definition) is 7. The van der Waals surface area contributed by atoms with E-state index in [9.17, 15) is 19.2 Å². The maximum atomic E-state index is 12.5. The van der Waals surface area contributed by atoms with Gasteiger partial charge in [-0.05, 0) is 64.5 Å². The molecule has 0 fully saturated rings. The minimum Gasteiger partial charge on any atom is -0.444 e. The van der Waals surface area contributed by atoms with Crippen LogP contribution in [0, 0.1) is 10.8 Å². The summed E-state index contributed by atoms with van der Waals surface area (Å²) in [6.45, 7) is 23.2. The van der Waals surface area contributed by atoms with E-state index in [1.807, 2.05) is 62.3 Å². The number of carbonyl (C=O) groups excluding carboxylic acids is 4. The van der Waals surface area contributed by atoms with E-state index in [1.165, 1.54) is 4.90 Å². The molecule has 1 aliphatic heterocycles. The lowest BCUT2D eigenvalue weighted by Gasteiger charge is -2.34. The Kier molecular flexibility index (Phi) is 11.4. The number of rotatable bonds is 5. The Hall–Kier alpha value is -3.14. The van der Waals surface area contributed by atoms with Crippen LogP contribution >= 0.6 is 0 Å². The van der Waals surface area contributed by atoms with E-state index in [-0.39, 0.29) is 35.2 Å².